The van der Waals surface area contributed by atoms with Crippen LogP contribution in [0.2, 0.25) is 0 Å². The van der Waals surface area contributed by atoms with Crippen LogP contribution in [0.1, 0.15) is 4.88 Å². The summed E-state index contributed by atoms with van der Waals surface area (Å²) in [5, 5.41) is 13.0. The number of halogens is 3. The zero-order valence-corrected chi connectivity index (χ0v) is 13.0. The Labute approximate surface area is 134 Å². The number of carbonyl (C=O) groups excluding carboxylic acids is 1. The molecule has 0 bridgehead atoms. The lowest BCUT2D eigenvalue weighted by atomic mass is 10.1. The number of nitrogens with one attached hydrogen (secondary N) is 1. The minimum Gasteiger partial charge on any atom is -0.479 e. The summed E-state index contributed by atoms with van der Waals surface area (Å²) < 4.78 is 2.84. The van der Waals surface area contributed by atoms with Crippen molar-refractivity contribution in [2.75, 3.05) is 6.61 Å². The summed E-state index contributed by atoms with van der Waals surface area (Å²) >= 11 is 17.5. The molecule has 0 aliphatic heterocycles. The smallest absolute Gasteiger partial charge is 0.408 e. The van der Waals surface area contributed by atoms with Crippen LogP contribution in [-0.2, 0) is 9.53 Å². The average molecular weight is 359 g/mol. The predicted molar refractivity (Wildman–Crippen MR) is 79.6 cm³/mol. The number of carboxylic acids is 1. The summed E-state index contributed by atoms with van der Waals surface area (Å²) in [5.74, 6) is -1.27. The molecular formula is C11H10Cl3NO4S. The van der Waals surface area contributed by atoms with Gasteiger partial charge in [0.1, 0.15) is 6.61 Å². The van der Waals surface area contributed by atoms with Crippen LogP contribution in [0, 0.1) is 0 Å². The number of hydrogen-bond donors (Lipinski definition) is 2. The molecule has 110 valence electrons. The van der Waals surface area contributed by atoms with Crippen LogP contribution in [0.25, 0.3) is 5.57 Å². The van der Waals surface area contributed by atoms with Crippen molar-refractivity contribution in [3.63, 3.8) is 0 Å². The van der Waals surface area contributed by atoms with E-state index >= 15 is 0 Å². The van der Waals surface area contributed by atoms with E-state index < -0.39 is 28.5 Å². The number of carboxylic acid groups (broad SMARTS) is 1. The quantitative estimate of drug-likeness (QED) is 0.792. The first-order valence-electron chi connectivity index (χ1n) is 5.16. The molecule has 0 spiro atoms. The Morgan fingerprint density at radius 1 is 1.50 bits per heavy atom. The highest BCUT2D eigenvalue weighted by atomic mass is 35.6. The first kappa shape index (κ1) is 17.1. The average Bonchev–Trinajstić information content (AvgIpc) is 2.85. The molecule has 1 amide bonds. The maximum Gasteiger partial charge on any atom is 0.408 e. The topological polar surface area (TPSA) is 75.6 Å². The van der Waals surface area contributed by atoms with Gasteiger partial charge in [0.05, 0.1) is 0 Å². The highest BCUT2D eigenvalue weighted by molar-refractivity contribution is 7.11. The van der Waals surface area contributed by atoms with E-state index in [1.54, 1.807) is 17.5 Å². The third-order valence-corrected chi connectivity index (χ3v) is 3.33. The molecule has 0 saturated heterocycles. The summed E-state index contributed by atoms with van der Waals surface area (Å²) in [6, 6.07) is 2.11. The highest BCUT2D eigenvalue weighted by Gasteiger charge is 2.27. The SMILES string of the molecule is C=C(c1cccs1)C(NC(=O)OCC(Cl)(Cl)Cl)C(=O)O. The van der Waals surface area contributed by atoms with Gasteiger partial charge in [0.2, 0.25) is 3.79 Å². The van der Waals surface area contributed by atoms with Gasteiger partial charge < -0.3 is 15.2 Å². The molecule has 1 rings (SSSR count). The van der Waals surface area contributed by atoms with Gasteiger partial charge in [-0.15, -0.1) is 11.3 Å². The second-order valence-corrected chi connectivity index (χ2v) is 7.07. The first-order valence-corrected chi connectivity index (χ1v) is 7.17. The van der Waals surface area contributed by atoms with E-state index in [4.69, 9.17) is 39.9 Å². The summed E-state index contributed by atoms with van der Waals surface area (Å²) in [6.45, 7) is 3.16. The number of thiophene rings is 1. The van der Waals surface area contributed by atoms with Gasteiger partial charge in [-0.1, -0.05) is 47.4 Å². The number of aliphatic carboxylic acids is 1. The van der Waals surface area contributed by atoms with Crippen molar-refractivity contribution < 1.29 is 19.4 Å². The lowest BCUT2D eigenvalue weighted by Gasteiger charge is -2.17. The molecule has 1 aromatic rings. The number of carbonyl (C=O) groups is 2. The minimum absolute atomic E-state index is 0.235. The third-order valence-electron chi connectivity index (χ3n) is 2.06. The molecule has 0 fully saturated rings. The van der Waals surface area contributed by atoms with E-state index in [1.165, 1.54) is 11.3 Å². The standard InChI is InChI=1S/C11H10Cl3NO4S/c1-6(7-3-2-4-20-7)8(9(16)17)15-10(18)19-5-11(12,13)14/h2-4,8H,1,5H2,(H,15,18)(H,16,17). The van der Waals surface area contributed by atoms with Crippen molar-refractivity contribution in [1.82, 2.24) is 5.32 Å². The van der Waals surface area contributed by atoms with Gasteiger partial charge in [-0.2, -0.15) is 0 Å². The van der Waals surface area contributed by atoms with E-state index in [1.807, 2.05) is 0 Å². The van der Waals surface area contributed by atoms with Crippen molar-refractivity contribution in [2.45, 2.75) is 9.83 Å². The fourth-order valence-electron chi connectivity index (χ4n) is 1.21. The molecule has 0 aromatic carbocycles. The van der Waals surface area contributed by atoms with Gasteiger partial charge in [0, 0.05) is 4.88 Å². The summed E-state index contributed by atoms with van der Waals surface area (Å²) in [4.78, 5) is 23.3. The highest BCUT2D eigenvalue weighted by Crippen LogP contribution is 2.26. The number of hydrogen-bond acceptors (Lipinski definition) is 4. The van der Waals surface area contributed by atoms with E-state index in [2.05, 4.69) is 16.6 Å². The van der Waals surface area contributed by atoms with Crippen LogP contribution in [0.3, 0.4) is 0 Å². The Morgan fingerprint density at radius 3 is 2.60 bits per heavy atom. The second kappa shape index (κ2) is 7.17. The van der Waals surface area contributed by atoms with Crippen molar-refractivity contribution >= 4 is 63.8 Å². The zero-order valence-electron chi connectivity index (χ0n) is 9.94. The minimum atomic E-state index is -1.76. The monoisotopic (exact) mass is 357 g/mol. The second-order valence-electron chi connectivity index (χ2n) is 3.61. The van der Waals surface area contributed by atoms with E-state index in [-0.39, 0.29) is 5.57 Å². The van der Waals surface area contributed by atoms with Crippen LogP contribution in [0.4, 0.5) is 4.79 Å². The molecule has 1 aromatic heterocycles. The van der Waals surface area contributed by atoms with Crippen LogP contribution in [0.5, 0.6) is 0 Å². The van der Waals surface area contributed by atoms with Crippen molar-refractivity contribution in [3.05, 3.63) is 29.0 Å². The van der Waals surface area contributed by atoms with Crippen LogP contribution in [-0.4, -0.2) is 33.6 Å². The predicted octanol–water partition coefficient (Wildman–Crippen LogP) is 3.31. The third kappa shape index (κ3) is 5.58. The fourth-order valence-corrected chi connectivity index (χ4v) is 2.10. The lowest BCUT2D eigenvalue weighted by molar-refractivity contribution is -0.137. The molecule has 0 radical (unpaired) electrons. The molecule has 1 unspecified atom stereocenters. The zero-order chi connectivity index (χ0) is 15.3. The number of rotatable bonds is 5. The lowest BCUT2D eigenvalue weighted by Crippen LogP contribution is -2.42. The van der Waals surface area contributed by atoms with E-state index in [0.29, 0.717) is 4.88 Å². The summed E-state index contributed by atoms with van der Waals surface area (Å²) in [7, 11) is 0. The Kier molecular flexibility index (Phi) is 6.13. The maximum atomic E-state index is 11.5. The molecule has 20 heavy (non-hydrogen) atoms. The van der Waals surface area contributed by atoms with Crippen LogP contribution >= 0.6 is 46.1 Å². The Morgan fingerprint density at radius 2 is 2.15 bits per heavy atom. The number of alkyl halides is 3. The van der Waals surface area contributed by atoms with Gasteiger partial charge in [0.25, 0.3) is 0 Å². The van der Waals surface area contributed by atoms with Crippen molar-refractivity contribution in [2.24, 2.45) is 0 Å². The number of ether oxygens (including phenoxy) is 1. The van der Waals surface area contributed by atoms with E-state index in [0.717, 1.165) is 0 Å². The largest absolute Gasteiger partial charge is 0.479 e. The molecule has 0 aliphatic rings. The van der Waals surface area contributed by atoms with Crippen LogP contribution < -0.4 is 5.32 Å². The number of amides is 1. The Hall–Kier alpha value is -0.950. The molecule has 0 saturated carbocycles. The Bertz CT molecular complexity index is 498. The maximum absolute atomic E-state index is 11.5. The van der Waals surface area contributed by atoms with Gasteiger partial charge in [0.15, 0.2) is 6.04 Å². The van der Waals surface area contributed by atoms with Crippen molar-refractivity contribution in [1.29, 1.82) is 0 Å². The van der Waals surface area contributed by atoms with Crippen molar-refractivity contribution in [3.8, 4) is 0 Å². The number of alkyl carbamates (subject to hydrolysis) is 1. The molecule has 9 heteroatoms. The van der Waals surface area contributed by atoms with Gasteiger partial charge >= 0.3 is 12.1 Å². The van der Waals surface area contributed by atoms with Gasteiger partial charge in [-0.3, -0.25) is 0 Å². The molecule has 1 heterocycles. The summed E-state index contributed by atoms with van der Waals surface area (Å²) in [5.41, 5.74) is 0.235. The summed E-state index contributed by atoms with van der Waals surface area (Å²) in [6.07, 6.45) is -1.01. The fraction of sp³-hybridized carbons (Fsp3) is 0.273. The van der Waals surface area contributed by atoms with Gasteiger partial charge in [-0.05, 0) is 17.0 Å². The molecule has 5 nitrogen and oxygen atoms in total. The molecule has 0 aliphatic carbocycles. The van der Waals surface area contributed by atoms with E-state index in [9.17, 15) is 9.59 Å². The first-order chi connectivity index (χ1) is 9.20. The molecular weight excluding hydrogens is 349 g/mol. The molecule has 1 atom stereocenters. The molecule has 2 N–H and O–H groups in total. The van der Waals surface area contributed by atoms with Gasteiger partial charge in [-0.25, -0.2) is 9.59 Å². The Balaban J connectivity index is 2.67. The van der Waals surface area contributed by atoms with Crippen LogP contribution in [0.15, 0.2) is 24.1 Å². The normalized spacial score (nSPS) is 12.6.